The van der Waals surface area contributed by atoms with Gasteiger partial charge in [0, 0.05) is 49.6 Å². The van der Waals surface area contributed by atoms with Crippen LogP contribution in [0.25, 0.3) is 0 Å². The van der Waals surface area contributed by atoms with Crippen molar-refractivity contribution in [1.82, 2.24) is 4.90 Å². The van der Waals surface area contributed by atoms with Crippen molar-refractivity contribution in [1.29, 1.82) is 0 Å². The van der Waals surface area contributed by atoms with E-state index in [0.29, 0.717) is 0 Å². The first kappa shape index (κ1) is 14.2. The summed E-state index contributed by atoms with van der Waals surface area (Å²) in [5.41, 5.74) is 3.11. The molecule has 0 bridgehead atoms. The van der Waals surface area contributed by atoms with Gasteiger partial charge in [0.15, 0.2) is 0 Å². The molecule has 102 valence electrons. The van der Waals surface area contributed by atoms with Crippen LogP contribution in [0.3, 0.4) is 0 Å². The Kier molecular flexibility index (Phi) is 3.96. The Bertz CT molecular complexity index is 377. The topological polar surface area (TPSA) is 3.24 Å². The van der Waals surface area contributed by atoms with Crippen LogP contribution in [-0.4, -0.2) is 42.6 Å². The normalized spacial score (nSPS) is 27.0. The molecular weight excluding hydrogens is 240 g/mol. The molecule has 0 spiro atoms. The minimum Gasteiger partial charge on any atom is -0.306 e. The van der Waals surface area contributed by atoms with Crippen LogP contribution in [0, 0.1) is 0 Å². The smallest absolute Gasteiger partial charge is 0.120 e. The zero-order chi connectivity index (χ0) is 13.5. The Morgan fingerprint density at radius 1 is 1.00 bits per heavy atom. The van der Waals surface area contributed by atoms with E-state index in [4.69, 9.17) is 0 Å². The third kappa shape index (κ3) is 2.17. The fourth-order valence-corrected chi connectivity index (χ4v) is 4.48. The van der Waals surface area contributed by atoms with Crippen molar-refractivity contribution in [2.75, 3.05) is 27.2 Å². The van der Waals surface area contributed by atoms with Crippen molar-refractivity contribution < 1.29 is 4.48 Å². The van der Waals surface area contributed by atoms with Gasteiger partial charge in [0.25, 0.3) is 0 Å². The molecule has 0 saturated carbocycles. The number of thioether (sulfide) groups is 1. The zero-order valence-electron chi connectivity index (χ0n) is 12.7. The first-order valence-corrected chi connectivity index (χ1v) is 7.77. The maximum absolute atomic E-state index is 2.46. The number of likely N-dealkylation sites (tertiary alicyclic amines) is 1. The van der Waals surface area contributed by atoms with Gasteiger partial charge in [-0.1, -0.05) is 11.8 Å². The lowest BCUT2D eigenvalue weighted by Gasteiger charge is -2.47. The second kappa shape index (κ2) is 5.03. The van der Waals surface area contributed by atoms with E-state index in [1.165, 1.54) is 35.7 Å². The fraction of sp³-hybridized carbons (Fsp3) is 0.733. The lowest BCUT2D eigenvalue weighted by atomic mass is 9.98. The lowest BCUT2D eigenvalue weighted by molar-refractivity contribution is -0.863. The SMILES string of the molecule is CC1=C(C)[N+](C)(C2CCN(C)CC2)C(C)=C(C)S1. The summed E-state index contributed by atoms with van der Waals surface area (Å²) in [5.74, 6) is 0. The molecule has 0 radical (unpaired) electrons. The van der Waals surface area contributed by atoms with E-state index >= 15 is 0 Å². The first-order valence-electron chi connectivity index (χ1n) is 6.96. The summed E-state index contributed by atoms with van der Waals surface area (Å²) in [4.78, 5) is 5.46. The minimum atomic E-state index is 0.756. The number of quaternary nitrogens is 1. The molecule has 2 aliphatic heterocycles. The van der Waals surface area contributed by atoms with E-state index in [1.54, 1.807) is 11.4 Å². The van der Waals surface area contributed by atoms with Crippen molar-refractivity contribution in [2.45, 2.75) is 46.6 Å². The molecule has 1 fully saturated rings. The van der Waals surface area contributed by atoms with Crippen molar-refractivity contribution in [3.05, 3.63) is 21.2 Å². The fourth-order valence-electron chi connectivity index (χ4n) is 3.34. The van der Waals surface area contributed by atoms with Crippen LogP contribution >= 0.6 is 11.8 Å². The van der Waals surface area contributed by atoms with Gasteiger partial charge in [-0.3, -0.25) is 4.48 Å². The Balaban J connectivity index is 2.34. The molecule has 0 amide bonds. The molecule has 2 rings (SSSR count). The Morgan fingerprint density at radius 2 is 1.44 bits per heavy atom. The molecule has 0 aliphatic carbocycles. The van der Waals surface area contributed by atoms with E-state index in [1.807, 2.05) is 11.8 Å². The van der Waals surface area contributed by atoms with E-state index < -0.39 is 0 Å². The van der Waals surface area contributed by atoms with Gasteiger partial charge in [-0.25, -0.2) is 0 Å². The van der Waals surface area contributed by atoms with E-state index in [9.17, 15) is 0 Å². The van der Waals surface area contributed by atoms with Crippen LogP contribution < -0.4 is 0 Å². The summed E-state index contributed by atoms with van der Waals surface area (Å²) in [5, 5.41) is 0. The number of hydrogen-bond acceptors (Lipinski definition) is 2. The second-order valence-corrected chi connectivity index (χ2v) is 7.42. The van der Waals surface area contributed by atoms with Gasteiger partial charge in [-0.05, 0) is 20.9 Å². The molecule has 2 heterocycles. The number of piperidine rings is 1. The highest BCUT2D eigenvalue weighted by atomic mass is 32.2. The van der Waals surface area contributed by atoms with Gasteiger partial charge >= 0.3 is 0 Å². The molecule has 3 heteroatoms. The number of nitrogens with zero attached hydrogens (tertiary/aromatic N) is 2. The highest BCUT2D eigenvalue weighted by molar-refractivity contribution is 8.06. The Hall–Kier alpha value is -0.250. The average Bonchev–Trinajstić information content (AvgIpc) is 2.35. The predicted octanol–water partition coefficient (Wildman–Crippen LogP) is 3.78. The minimum absolute atomic E-state index is 0.756. The molecule has 0 aromatic heterocycles. The second-order valence-electron chi connectivity index (χ2n) is 6.00. The first-order chi connectivity index (χ1) is 8.37. The largest absolute Gasteiger partial charge is 0.306 e. The van der Waals surface area contributed by atoms with Crippen LogP contribution in [0.15, 0.2) is 21.2 Å². The molecule has 0 N–H and O–H groups in total. The number of rotatable bonds is 1. The van der Waals surface area contributed by atoms with Gasteiger partial charge in [-0.15, -0.1) is 0 Å². The maximum Gasteiger partial charge on any atom is 0.120 e. The van der Waals surface area contributed by atoms with Crippen molar-refractivity contribution in [3.8, 4) is 0 Å². The highest BCUT2D eigenvalue weighted by Gasteiger charge is 2.42. The van der Waals surface area contributed by atoms with Crippen LogP contribution in [0.2, 0.25) is 0 Å². The van der Waals surface area contributed by atoms with Gasteiger partial charge in [0.1, 0.15) is 17.4 Å². The molecule has 0 atom stereocenters. The average molecular weight is 267 g/mol. The summed E-state index contributed by atoms with van der Waals surface area (Å²) in [6.45, 7) is 11.7. The van der Waals surface area contributed by atoms with E-state index in [0.717, 1.165) is 10.5 Å². The summed E-state index contributed by atoms with van der Waals surface area (Å²) in [6, 6.07) is 0.756. The molecular formula is C15H27N2S+. The predicted molar refractivity (Wildman–Crippen MR) is 81.0 cm³/mol. The maximum atomic E-state index is 2.46. The summed E-state index contributed by atoms with van der Waals surface area (Å²) >= 11 is 1.96. The zero-order valence-corrected chi connectivity index (χ0v) is 13.5. The van der Waals surface area contributed by atoms with Gasteiger partial charge in [-0.2, -0.15) is 0 Å². The van der Waals surface area contributed by atoms with Crippen molar-refractivity contribution >= 4 is 11.8 Å². The molecule has 18 heavy (non-hydrogen) atoms. The van der Waals surface area contributed by atoms with Gasteiger partial charge in [0.05, 0.1) is 7.05 Å². The summed E-state index contributed by atoms with van der Waals surface area (Å²) in [6.07, 6.45) is 2.62. The highest BCUT2D eigenvalue weighted by Crippen LogP contribution is 2.45. The molecule has 0 aromatic rings. The monoisotopic (exact) mass is 267 g/mol. The molecule has 0 unspecified atom stereocenters. The Labute approximate surface area is 116 Å². The number of allylic oxidation sites excluding steroid dienone is 4. The molecule has 1 saturated heterocycles. The lowest BCUT2D eigenvalue weighted by Crippen LogP contribution is -2.54. The molecule has 2 nitrogen and oxygen atoms in total. The Morgan fingerprint density at radius 3 is 1.89 bits per heavy atom. The summed E-state index contributed by atoms with van der Waals surface area (Å²) in [7, 11) is 4.66. The van der Waals surface area contributed by atoms with E-state index in [-0.39, 0.29) is 0 Å². The van der Waals surface area contributed by atoms with Crippen LogP contribution in [-0.2, 0) is 0 Å². The molecule has 2 aliphatic rings. The van der Waals surface area contributed by atoms with Crippen LogP contribution in [0.4, 0.5) is 0 Å². The van der Waals surface area contributed by atoms with Gasteiger partial charge < -0.3 is 4.90 Å². The van der Waals surface area contributed by atoms with Crippen molar-refractivity contribution in [3.63, 3.8) is 0 Å². The number of hydrogen-bond donors (Lipinski definition) is 0. The molecule has 0 aromatic carbocycles. The van der Waals surface area contributed by atoms with E-state index in [2.05, 4.69) is 46.7 Å². The summed E-state index contributed by atoms with van der Waals surface area (Å²) < 4.78 is 1.07. The standard InChI is InChI=1S/C15H27N2S/c1-11-13(3)18-14(4)12(2)17(11,6)15-7-9-16(5)10-8-15/h15H,7-10H2,1-6H3/q+1. The van der Waals surface area contributed by atoms with Crippen LogP contribution in [0.5, 0.6) is 0 Å². The van der Waals surface area contributed by atoms with Crippen molar-refractivity contribution in [2.24, 2.45) is 0 Å². The third-order valence-electron chi connectivity index (χ3n) is 5.14. The van der Waals surface area contributed by atoms with Gasteiger partial charge in [0.2, 0.25) is 0 Å². The third-order valence-corrected chi connectivity index (χ3v) is 6.34. The quantitative estimate of drug-likeness (QED) is 0.665. The van der Waals surface area contributed by atoms with Crippen LogP contribution in [0.1, 0.15) is 40.5 Å².